The monoisotopic (exact) mass is 332 g/mol. The number of amides is 2. The van der Waals surface area contributed by atoms with Gasteiger partial charge in [0.2, 0.25) is 0 Å². The van der Waals surface area contributed by atoms with E-state index in [0.29, 0.717) is 11.4 Å². The van der Waals surface area contributed by atoms with Crippen LogP contribution in [0.4, 0.5) is 5.69 Å². The fourth-order valence-corrected chi connectivity index (χ4v) is 2.04. The number of hydrogen-bond acceptors (Lipinski definition) is 5. The molecule has 1 atom stereocenters. The molecule has 1 aromatic carbocycles. The molecular weight excluding hydrogens is 312 g/mol. The van der Waals surface area contributed by atoms with Crippen molar-refractivity contribution in [3.63, 3.8) is 0 Å². The van der Waals surface area contributed by atoms with Crippen molar-refractivity contribution < 1.29 is 19.1 Å². The Hall–Kier alpha value is -2.87. The van der Waals surface area contributed by atoms with Crippen molar-refractivity contribution in [2.24, 2.45) is 5.73 Å². The van der Waals surface area contributed by atoms with Crippen molar-refractivity contribution >= 4 is 17.5 Å². The molecule has 8 heteroatoms. The SMILES string of the molecule is COc1cccc(COC(C)C(=O)Nc2c(C(N)=O)n[nH]c2C)c1. The van der Waals surface area contributed by atoms with Crippen LogP contribution in [-0.4, -0.2) is 35.2 Å². The average Bonchev–Trinajstić information content (AvgIpc) is 2.93. The van der Waals surface area contributed by atoms with Crippen molar-refractivity contribution in [1.29, 1.82) is 0 Å². The first-order valence-corrected chi connectivity index (χ1v) is 7.32. The Kier molecular flexibility index (Phi) is 5.54. The van der Waals surface area contributed by atoms with Crippen LogP contribution in [0.25, 0.3) is 0 Å². The Morgan fingerprint density at radius 2 is 2.17 bits per heavy atom. The highest BCUT2D eigenvalue weighted by Crippen LogP contribution is 2.18. The van der Waals surface area contributed by atoms with E-state index in [2.05, 4.69) is 15.5 Å². The first-order chi connectivity index (χ1) is 11.4. The number of hydrogen-bond donors (Lipinski definition) is 3. The first kappa shape index (κ1) is 17.5. The van der Waals surface area contributed by atoms with E-state index in [4.69, 9.17) is 15.2 Å². The average molecular weight is 332 g/mol. The molecule has 0 spiro atoms. The molecule has 24 heavy (non-hydrogen) atoms. The summed E-state index contributed by atoms with van der Waals surface area (Å²) in [5.41, 5.74) is 6.90. The highest BCUT2D eigenvalue weighted by Gasteiger charge is 2.20. The smallest absolute Gasteiger partial charge is 0.271 e. The van der Waals surface area contributed by atoms with Crippen LogP contribution >= 0.6 is 0 Å². The largest absolute Gasteiger partial charge is 0.497 e. The molecule has 0 saturated carbocycles. The number of benzene rings is 1. The second kappa shape index (κ2) is 7.60. The maximum absolute atomic E-state index is 12.2. The summed E-state index contributed by atoms with van der Waals surface area (Å²) in [5.74, 6) is -0.405. The van der Waals surface area contributed by atoms with Crippen molar-refractivity contribution in [3.05, 3.63) is 41.2 Å². The third-order valence-corrected chi connectivity index (χ3v) is 3.43. The van der Waals surface area contributed by atoms with Gasteiger partial charge in [0.1, 0.15) is 11.9 Å². The number of anilines is 1. The van der Waals surface area contributed by atoms with E-state index < -0.39 is 17.9 Å². The van der Waals surface area contributed by atoms with Gasteiger partial charge in [-0.2, -0.15) is 5.10 Å². The van der Waals surface area contributed by atoms with Gasteiger partial charge in [0, 0.05) is 0 Å². The lowest BCUT2D eigenvalue weighted by Crippen LogP contribution is -2.29. The van der Waals surface area contributed by atoms with E-state index in [1.54, 1.807) is 21.0 Å². The minimum absolute atomic E-state index is 0.0131. The molecule has 8 nitrogen and oxygen atoms in total. The molecule has 2 aromatic rings. The highest BCUT2D eigenvalue weighted by atomic mass is 16.5. The number of aromatic nitrogens is 2. The van der Waals surface area contributed by atoms with Crippen molar-refractivity contribution in [1.82, 2.24) is 10.2 Å². The zero-order valence-electron chi connectivity index (χ0n) is 13.8. The second-order valence-corrected chi connectivity index (χ2v) is 5.23. The van der Waals surface area contributed by atoms with Crippen LogP contribution in [0.5, 0.6) is 5.75 Å². The van der Waals surface area contributed by atoms with Gasteiger partial charge in [-0.05, 0) is 31.5 Å². The molecule has 0 fully saturated rings. The highest BCUT2D eigenvalue weighted by molar-refractivity contribution is 6.03. The minimum atomic E-state index is -0.730. The van der Waals surface area contributed by atoms with Gasteiger partial charge in [0.15, 0.2) is 5.69 Å². The third-order valence-electron chi connectivity index (χ3n) is 3.43. The summed E-state index contributed by atoms with van der Waals surface area (Å²) in [5, 5.41) is 9.00. The molecule has 0 saturated heterocycles. The Balaban J connectivity index is 1.97. The maximum atomic E-state index is 12.2. The number of aryl methyl sites for hydroxylation is 1. The number of H-pyrrole nitrogens is 1. The number of nitrogens with two attached hydrogens (primary N) is 1. The van der Waals surface area contributed by atoms with Crippen LogP contribution in [0.2, 0.25) is 0 Å². The summed E-state index contributed by atoms with van der Waals surface area (Å²) in [4.78, 5) is 23.5. The Morgan fingerprint density at radius 3 is 2.83 bits per heavy atom. The molecule has 128 valence electrons. The van der Waals surface area contributed by atoms with Crippen LogP contribution in [0, 0.1) is 6.92 Å². The molecule has 2 rings (SSSR count). The van der Waals surface area contributed by atoms with E-state index >= 15 is 0 Å². The van der Waals surface area contributed by atoms with Crippen LogP contribution < -0.4 is 15.8 Å². The van der Waals surface area contributed by atoms with E-state index in [-0.39, 0.29) is 18.0 Å². The quantitative estimate of drug-likeness (QED) is 0.707. The summed E-state index contributed by atoms with van der Waals surface area (Å²) in [6, 6.07) is 7.37. The van der Waals surface area contributed by atoms with E-state index in [1.807, 2.05) is 24.3 Å². The Morgan fingerprint density at radius 1 is 1.42 bits per heavy atom. The van der Waals surface area contributed by atoms with Gasteiger partial charge in [-0.15, -0.1) is 0 Å². The van der Waals surface area contributed by atoms with Gasteiger partial charge < -0.3 is 20.5 Å². The molecule has 0 radical (unpaired) electrons. The minimum Gasteiger partial charge on any atom is -0.497 e. The fourth-order valence-electron chi connectivity index (χ4n) is 2.04. The van der Waals surface area contributed by atoms with Crippen LogP contribution in [-0.2, 0) is 16.1 Å². The van der Waals surface area contributed by atoms with Crippen molar-refractivity contribution in [3.8, 4) is 5.75 Å². The number of methoxy groups -OCH3 is 1. The zero-order chi connectivity index (χ0) is 17.7. The first-order valence-electron chi connectivity index (χ1n) is 7.32. The molecule has 1 heterocycles. The molecular formula is C16H20N4O4. The second-order valence-electron chi connectivity index (χ2n) is 5.23. The summed E-state index contributed by atoms with van der Waals surface area (Å²) in [6.45, 7) is 3.55. The number of aromatic amines is 1. The van der Waals surface area contributed by atoms with Gasteiger partial charge in [-0.3, -0.25) is 14.7 Å². The predicted octanol–water partition coefficient (Wildman–Crippen LogP) is 1.37. The summed E-state index contributed by atoms with van der Waals surface area (Å²) in [7, 11) is 1.58. The number of carbonyl (C=O) groups excluding carboxylic acids is 2. The molecule has 0 aliphatic heterocycles. The van der Waals surface area contributed by atoms with Crippen LogP contribution in [0.1, 0.15) is 28.7 Å². The maximum Gasteiger partial charge on any atom is 0.271 e. The number of ether oxygens (including phenoxy) is 2. The normalized spacial score (nSPS) is 11.8. The number of rotatable bonds is 7. The van der Waals surface area contributed by atoms with Gasteiger partial charge in [-0.1, -0.05) is 12.1 Å². The lowest BCUT2D eigenvalue weighted by atomic mass is 10.2. The standard InChI is InChI=1S/C16H20N4O4/c1-9-13(14(15(17)21)20-19-9)18-16(22)10(2)24-8-11-5-4-6-12(7-11)23-3/h4-7,10H,8H2,1-3H3,(H2,17,21)(H,18,22)(H,19,20). The van der Waals surface area contributed by atoms with Gasteiger partial charge in [0.25, 0.3) is 11.8 Å². The van der Waals surface area contributed by atoms with Gasteiger partial charge in [-0.25, -0.2) is 0 Å². The Bertz CT molecular complexity index is 741. The third kappa shape index (κ3) is 4.11. The predicted molar refractivity (Wildman–Crippen MR) is 87.7 cm³/mol. The molecule has 1 aromatic heterocycles. The van der Waals surface area contributed by atoms with Gasteiger partial charge >= 0.3 is 0 Å². The van der Waals surface area contributed by atoms with E-state index in [9.17, 15) is 9.59 Å². The molecule has 4 N–H and O–H groups in total. The summed E-state index contributed by atoms with van der Waals surface area (Å²) in [6.07, 6.45) is -0.730. The van der Waals surface area contributed by atoms with Crippen molar-refractivity contribution in [2.75, 3.05) is 12.4 Å². The molecule has 0 aliphatic rings. The zero-order valence-corrected chi connectivity index (χ0v) is 13.8. The molecule has 0 aliphatic carbocycles. The lowest BCUT2D eigenvalue weighted by Gasteiger charge is -2.14. The van der Waals surface area contributed by atoms with Crippen LogP contribution in [0.3, 0.4) is 0 Å². The lowest BCUT2D eigenvalue weighted by molar-refractivity contribution is -0.127. The van der Waals surface area contributed by atoms with Gasteiger partial charge in [0.05, 0.1) is 25.1 Å². The molecule has 0 bridgehead atoms. The van der Waals surface area contributed by atoms with Crippen molar-refractivity contribution in [2.45, 2.75) is 26.6 Å². The van der Waals surface area contributed by atoms with E-state index in [1.165, 1.54) is 0 Å². The van der Waals surface area contributed by atoms with E-state index in [0.717, 1.165) is 5.56 Å². The van der Waals surface area contributed by atoms with Crippen LogP contribution in [0.15, 0.2) is 24.3 Å². The summed E-state index contributed by atoms with van der Waals surface area (Å²) < 4.78 is 10.7. The fraction of sp³-hybridized carbons (Fsp3) is 0.312. The number of nitrogens with one attached hydrogen (secondary N) is 2. The molecule has 1 unspecified atom stereocenters. The number of carbonyl (C=O) groups is 2. The Labute approximate surface area is 139 Å². The number of primary amides is 1. The number of nitrogens with zero attached hydrogens (tertiary/aromatic N) is 1. The summed E-state index contributed by atoms with van der Waals surface area (Å²) >= 11 is 0. The topological polar surface area (TPSA) is 119 Å². The molecule has 2 amide bonds.